The molecule has 0 spiro atoms. The summed E-state index contributed by atoms with van der Waals surface area (Å²) in [5, 5.41) is 0. The number of unbranched alkanes of at least 4 members (excludes halogenated alkanes) is 24. The van der Waals surface area contributed by atoms with E-state index in [4.69, 9.17) is 14.2 Å². The van der Waals surface area contributed by atoms with Crippen molar-refractivity contribution in [2.24, 2.45) is 0 Å². The van der Waals surface area contributed by atoms with Crippen molar-refractivity contribution in [3.63, 3.8) is 0 Å². The van der Waals surface area contributed by atoms with Gasteiger partial charge in [-0.3, -0.25) is 14.4 Å². The fourth-order valence-electron chi connectivity index (χ4n) is 7.22. The van der Waals surface area contributed by atoms with Crippen LogP contribution in [0.25, 0.3) is 0 Å². The highest BCUT2D eigenvalue weighted by atomic mass is 16.6. The minimum atomic E-state index is -0.793. The molecule has 0 aliphatic carbocycles. The molecule has 0 bridgehead atoms. The van der Waals surface area contributed by atoms with Crippen LogP contribution < -0.4 is 0 Å². The summed E-state index contributed by atoms with van der Waals surface area (Å²) in [6.45, 7) is 6.38. The summed E-state index contributed by atoms with van der Waals surface area (Å²) in [6.07, 6.45) is 67.1. The third-order valence-electron chi connectivity index (χ3n) is 11.2. The molecular formula is C58H98O6. The fourth-order valence-corrected chi connectivity index (χ4v) is 7.22. The van der Waals surface area contributed by atoms with E-state index in [9.17, 15) is 14.4 Å². The van der Waals surface area contributed by atoms with E-state index in [-0.39, 0.29) is 31.1 Å². The molecule has 366 valence electrons. The first-order valence-electron chi connectivity index (χ1n) is 26.6. The molecule has 0 rings (SSSR count). The van der Waals surface area contributed by atoms with Crippen molar-refractivity contribution in [2.45, 2.75) is 252 Å². The van der Waals surface area contributed by atoms with Crippen LogP contribution in [-0.4, -0.2) is 37.2 Å². The second kappa shape index (κ2) is 52.2. The van der Waals surface area contributed by atoms with Crippen molar-refractivity contribution < 1.29 is 28.6 Å². The maximum absolute atomic E-state index is 12.8. The first kappa shape index (κ1) is 60.6. The maximum atomic E-state index is 12.8. The van der Waals surface area contributed by atoms with Gasteiger partial charge in [0.25, 0.3) is 0 Å². The van der Waals surface area contributed by atoms with Gasteiger partial charge in [0, 0.05) is 19.3 Å². The van der Waals surface area contributed by atoms with Crippen LogP contribution in [0.2, 0.25) is 0 Å². The summed E-state index contributed by atoms with van der Waals surface area (Å²) >= 11 is 0. The SMILES string of the molecule is CC/C=C\C/C=C\CCCCCCCCCC(=O)OCC(COC(=O)CCCCCCC\C=C/C=C\C=C/CCCCCCC)OC(=O)CCCCCCCCC/C=C\C/C=C\CC. The lowest BCUT2D eigenvalue weighted by Crippen LogP contribution is -2.30. The minimum Gasteiger partial charge on any atom is -0.462 e. The molecule has 0 aromatic carbocycles. The summed E-state index contributed by atoms with van der Waals surface area (Å²) in [5.74, 6) is -0.927. The number of esters is 3. The van der Waals surface area contributed by atoms with Crippen molar-refractivity contribution in [2.75, 3.05) is 13.2 Å². The van der Waals surface area contributed by atoms with E-state index in [1.807, 2.05) is 0 Å². The van der Waals surface area contributed by atoms with E-state index in [0.29, 0.717) is 19.3 Å². The maximum Gasteiger partial charge on any atom is 0.306 e. The van der Waals surface area contributed by atoms with Gasteiger partial charge in [0.1, 0.15) is 13.2 Å². The van der Waals surface area contributed by atoms with Gasteiger partial charge in [0.05, 0.1) is 0 Å². The molecule has 0 fully saturated rings. The number of rotatable bonds is 47. The predicted molar refractivity (Wildman–Crippen MR) is 274 cm³/mol. The number of hydrogen-bond donors (Lipinski definition) is 0. The predicted octanol–water partition coefficient (Wildman–Crippen LogP) is 17.6. The van der Waals surface area contributed by atoms with Gasteiger partial charge < -0.3 is 14.2 Å². The summed E-state index contributed by atoms with van der Waals surface area (Å²) in [4.78, 5) is 38.0. The van der Waals surface area contributed by atoms with Crippen molar-refractivity contribution >= 4 is 17.9 Å². The first-order chi connectivity index (χ1) is 31.5. The molecule has 0 amide bonds. The molecule has 64 heavy (non-hydrogen) atoms. The van der Waals surface area contributed by atoms with Crippen LogP contribution in [0.1, 0.15) is 245 Å². The summed E-state index contributed by atoms with van der Waals surface area (Å²) in [5.41, 5.74) is 0. The molecule has 0 radical (unpaired) electrons. The molecule has 0 N–H and O–H groups in total. The highest BCUT2D eigenvalue weighted by Crippen LogP contribution is 2.14. The number of ether oxygens (including phenoxy) is 3. The zero-order valence-electron chi connectivity index (χ0n) is 41.8. The van der Waals surface area contributed by atoms with E-state index in [1.54, 1.807) is 0 Å². The summed E-state index contributed by atoms with van der Waals surface area (Å²) in [7, 11) is 0. The highest BCUT2D eigenvalue weighted by molar-refractivity contribution is 5.71. The number of hydrogen-bond acceptors (Lipinski definition) is 6. The Kier molecular flexibility index (Phi) is 49.4. The molecule has 1 unspecified atom stereocenters. The Labute approximate surface area is 395 Å². The van der Waals surface area contributed by atoms with Crippen molar-refractivity contribution in [3.05, 3.63) is 85.1 Å². The molecule has 0 saturated heterocycles. The van der Waals surface area contributed by atoms with E-state index in [2.05, 4.69) is 106 Å². The standard InChI is InChI=1S/C58H98O6/c1-4-7-10-13-16-19-22-25-28-29-30-31-34-36-39-42-45-48-51-57(60)63-54-55(64-58(61)52-49-46-43-40-37-33-27-24-21-18-15-12-9-6-3)53-62-56(59)50-47-44-41-38-35-32-26-23-20-17-14-11-8-5-2/h8-9,11-12,17-18,20-22,25,28-31,55H,4-7,10,13-16,19,23-24,26-27,32-54H2,1-3H3/b11-8-,12-9-,20-17-,21-18-,25-22-,29-28-,31-30-. The Bertz CT molecular complexity index is 1250. The lowest BCUT2D eigenvalue weighted by Gasteiger charge is -2.18. The van der Waals surface area contributed by atoms with E-state index in [0.717, 1.165) is 122 Å². The van der Waals surface area contributed by atoms with Crippen LogP contribution in [0.4, 0.5) is 0 Å². The Morgan fingerprint density at radius 3 is 1.06 bits per heavy atom. The van der Waals surface area contributed by atoms with Gasteiger partial charge in [-0.15, -0.1) is 0 Å². The Morgan fingerprint density at radius 1 is 0.344 bits per heavy atom. The topological polar surface area (TPSA) is 78.9 Å². The average Bonchev–Trinajstić information content (AvgIpc) is 3.29. The molecule has 0 aliphatic rings. The molecule has 0 saturated carbocycles. The zero-order valence-corrected chi connectivity index (χ0v) is 41.8. The molecule has 0 heterocycles. The van der Waals surface area contributed by atoms with Gasteiger partial charge in [-0.2, -0.15) is 0 Å². The molecule has 6 heteroatoms. The number of carbonyl (C=O) groups is 3. The van der Waals surface area contributed by atoms with Gasteiger partial charge in [-0.25, -0.2) is 0 Å². The lowest BCUT2D eigenvalue weighted by atomic mass is 10.1. The Hall–Kier alpha value is -3.41. The average molecular weight is 891 g/mol. The van der Waals surface area contributed by atoms with Gasteiger partial charge in [-0.05, 0) is 96.3 Å². The van der Waals surface area contributed by atoms with Gasteiger partial charge in [-0.1, -0.05) is 215 Å². The largest absolute Gasteiger partial charge is 0.462 e. The van der Waals surface area contributed by atoms with Crippen LogP contribution >= 0.6 is 0 Å². The third kappa shape index (κ3) is 49.6. The smallest absolute Gasteiger partial charge is 0.306 e. The van der Waals surface area contributed by atoms with Crippen molar-refractivity contribution in [3.8, 4) is 0 Å². The molecule has 1 atom stereocenters. The molecule has 0 aliphatic heterocycles. The van der Waals surface area contributed by atoms with E-state index < -0.39 is 6.10 Å². The Morgan fingerprint density at radius 2 is 0.672 bits per heavy atom. The Balaban J connectivity index is 4.44. The van der Waals surface area contributed by atoms with Crippen LogP contribution in [0.5, 0.6) is 0 Å². The fraction of sp³-hybridized carbons (Fsp3) is 0.707. The normalized spacial score (nSPS) is 12.7. The number of allylic oxidation sites excluding steroid dienone is 14. The molecule has 0 aromatic heterocycles. The second-order valence-corrected chi connectivity index (χ2v) is 17.4. The molecule has 6 nitrogen and oxygen atoms in total. The minimum absolute atomic E-state index is 0.0913. The van der Waals surface area contributed by atoms with Gasteiger partial charge in [0.2, 0.25) is 0 Å². The zero-order chi connectivity index (χ0) is 46.5. The second-order valence-electron chi connectivity index (χ2n) is 17.4. The van der Waals surface area contributed by atoms with E-state index >= 15 is 0 Å². The quantitative estimate of drug-likeness (QED) is 0.0199. The summed E-state index contributed by atoms with van der Waals surface area (Å²) in [6, 6.07) is 0. The lowest BCUT2D eigenvalue weighted by molar-refractivity contribution is -0.167. The van der Waals surface area contributed by atoms with Crippen molar-refractivity contribution in [1.29, 1.82) is 0 Å². The van der Waals surface area contributed by atoms with Gasteiger partial charge >= 0.3 is 17.9 Å². The molecular weight excluding hydrogens is 793 g/mol. The van der Waals surface area contributed by atoms with Crippen LogP contribution in [0.15, 0.2) is 85.1 Å². The van der Waals surface area contributed by atoms with Gasteiger partial charge in [0.15, 0.2) is 6.10 Å². The van der Waals surface area contributed by atoms with Crippen LogP contribution in [0.3, 0.4) is 0 Å². The van der Waals surface area contributed by atoms with Crippen LogP contribution in [0, 0.1) is 0 Å². The highest BCUT2D eigenvalue weighted by Gasteiger charge is 2.19. The molecule has 0 aromatic rings. The monoisotopic (exact) mass is 891 g/mol. The van der Waals surface area contributed by atoms with E-state index in [1.165, 1.54) is 83.5 Å². The van der Waals surface area contributed by atoms with Crippen LogP contribution in [-0.2, 0) is 28.6 Å². The third-order valence-corrected chi connectivity index (χ3v) is 11.2. The van der Waals surface area contributed by atoms with Crippen molar-refractivity contribution in [1.82, 2.24) is 0 Å². The summed E-state index contributed by atoms with van der Waals surface area (Å²) < 4.78 is 16.8. The first-order valence-corrected chi connectivity index (χ1v) is 26.6. The number of carbonyl (C=O) groups excluding carboxylic acids is 3.